The van der Waals surface area contributed by atoms with Crippen molar-refractivity contribution in [1.29, 1.82) is 0 Å². The Balaban J connectivity index is 1.21. The van der Waals surface area contributed by atoms with Gasteiger partial charge in [-0.15, -0.1) is 0 Å². The molecule has 30 heavy (non-hydrogen) atoms. The Morgan fingerprint density at radius 3 is 2.33 bits per heavy atom. The van der Waals surface area contributed by atoms with Gasteiger partial charge in [0.1, 0.15) is 0 Å². The van der Waals surface area contributed by atoms with Crippen LogP contribution >= 0.6 is 0 Å². The van der Waals surface area contributed by atoms with E-state index in [9.17, 15) is 0 Å². The third kappa shape index (κ3) is 1.97. The molecule has 1 aromatic heterocycles. The van der Waals surface area contributed by atoms with E-state index in [1.54, 1.807) is 5.56 Å². The van der Waals surface area contributed by atoms with Crippen LogP contribution in [0.1, 0.15) is 50.7 Å². The van der Waals surface area contributed by atoms with Crippen molar-refractivity contribution in [3.63, 3.8) is 0 Å². The first-order valence-electron chi connectivity index (χ1n) is 11.2. The largest absolute Gasteiger partial charge is 0.496 e. The van der Waals surface area contributed by atoms with Gasteiger partial charge in [0.25, 0.3) is 0 Å². The minimum absolute atomic E-state index is 0.314. The first-order chi connectivity index (χ1) is 14.3. The SMILES string of the molecule is CC1(C)OB(c2ccc(-c3ccc4c(c3)C3C=CC35C=CC3C4C35)nc2)OC1(C)C. The van der Waals surface area contributed by atoms with Crippen LogP contribution in [-0.2, 0) is 9.31 Å². The molecule has 0 bridgehead atoms. The van der Waals surface area contributed by atoms with Crippen LogP contribution in [0.3, 0.4) is 0 Å². The van der Waals surface area contributed by atoms with Gasteiger partial charge in [-0.05, 0) is 68.7 Å². The lowest BCUT2D eigenvalue weighted by molar-refractivity contribution is 0.00578. The van der Waals surface area contributed by atoms with Crippen molar-refractivity contribution in [3.8, 4) is 11.3 Å². The molecule has 7 rings (SSSR count). The van der Waals surface area contributed by atoms with Crippen molar-refractivity contribution in [2.75, 3.05) is 0 Å². The molecule has 2 heterocycles. The van der Waals surface area contributed by atoms with E-state index in [-0.39, 0.29) is 18.3 Å². The number of rotatable bonds is 2. The van der Waals surface area contributed by atoms with Gasteiger partial charge in [-0.25, -0.2) is 0 Å². The van der Waals surface area contributed by atoms with Crippen LogP contribution < -0.4 is 5.46 Å². The Bertz CT molecular complexity index is 1130. The van der Waals surface area contributed by atoms with E-state index in [1.165, 1.54) is 11.1 Å². The van der Waals surface area contributed by atoms with Crippen molar-refractivity contribution in [3.05, 3.63) is 72.0 Å². The summed E-state index contributed by atoms with van der Waals surface area (Å²) in [6.45, 7) is 8.32. The summed E-state index contributed by atoms with van der Waals surface area (Å²) in [5.41, 5.74) is 5.90. The zero-order valence-electron chi connectivity index (χ0n) is 17.9. The lowest BCUT2D eigenvalue weighted by Gasteiger charge is -2.45. The van der Waals surface area contributed by atoms with E-state index in [2.05, 4.69) is 82.3 Å². The van der Waals surface area contributed by atoms with Crippen molar-refractivity contribution in [2.24, 2.45) is 17.3 Å². The molecule has 1 aromatic carbocycles. The van der Waals surface area contributed by atoms with Crippen LogP contribution in [0.2, 0.25) is 0 Å². The monoisotopic (exact) mass is 395 g/mol. The van der Waals surface area contributed by atoms with Crippen LogP contribution in [-0.4, -0.2) is 23.3 Å². The molecule has 0 radical (unpaired) electrons. The highest BCUT2D eigenvalue weighted by Gasteiger charge is 2.69. The average Bonchev–Trinajstić information content (AvgIpc) is 3.17. The van der Waals surface area contributed by atoms with E-state index in [0.29, 0.717) is 11.3 Å². The molecular weight excluding hydrogens is 369 g/mol. The summed E-state index contributed by atoms with van der Waals surface area (Å²) in [7, 11) is -0.366. The molecule has 4 aliphatic carbocycles. The molecule has 2 aromatic rings. The fraction of sp³-hybridized carbons (Fsp3) is 0.423. The molecule has 1 saturated carbocycles. The Labute approximate surface area is 178 Å². The molecule has 2 fully saturated rings. The standard InChI is InChI=1S/C26H26BNO2/c1-24(2)25(3,4)30-27(29-24)16-6-8-21(28-14-16)15-5-7-17-19(13-15)20-10-12-26(20)11-9-18-22(17)23(18)26/h5-14,18,20,22-23H,1-4H3. The summed E-state index contributed by atoms with van der Waals surface area (Å²) in [5, 5.41) is 0. The van der Waals surface area contributed by atoms with Gasteiger partial charge in [-0.3, -0.25) is 4.98 Å². The fourth-order valence-corrected chi connectivity index (χ4v) is 6.27. The Morgan fingerprint density at radius 1 is 0.900 bits per heavy atom. The molecule has 0 N–H and O–H groups in total. The number of fused-ring (bicyclic) bond motifs is 4. The Kier molecular flexibility index (Phi) is 3.02. The van der Waals surface area contributed by atoms with Gasteiger partial charge in [0.15, 0.2) is 0 Å². The van der Waals surface area contributed by atoms with E-state index >= 15 is 0 Å². The summed E-state index contributed by atoms with van der Waals surface area (Å²) in [6.07, 6.45) is 11.7. The fourth-order valence-electron chi connectivity index (χ4n) is 6.27. The van der Waals surface area contributed by atoms with Crippen LogP contribution in [0.5, 0.6) is 0 Å². The van der Waals surface area contributed by atoms with Crippen molar-refractivity contribution in [2.45, 2.75) is 50.7 Å². The molecule has 4 heteroatoms. The predicted molar refractivity (Wildman–Crippen MR) is 119 cm³/mol. The number of benzene rings is 1. The van der Waals surface area contributed by atoms with Gasteiger partial charge in [0.05, 0.1) is 16.9 Å². The van der Waals surface area contributed by atoms with E-state index in [4.69, 9.17) is 14.3 Å². The second-order valence-electron chi connectivity index (χ2n) is 10.7. The summed E-state index contributed by atoms with van der Waals surface area (Å²) in [4.78, 5) is 4.78. The van der Waals surface area contributed by atoms with Crippen molar-refractivity contribution >= 4 is 12.6 Å². The molecule has 1 aliphatic heterocycles. The smallest absolute Gasteiger partial charge is 0.399 e. The molecular formula is C26H26BNO2. The second-order valence-corrected chi connectivity index (χ2v) is 10.7. The van der Waals surface area contributed by atoms with Crippen molar-refractivity contribution in [1.82, 2.24) is 4.98 Å². The number of pyridine rings is 1. The van der Waals surface area contributed by atoms with Crippen LogP contribution in [0.15, 0.2) is 60.8 Å². The van der Waals surface area contributed by atoms with Gasteiger partial charge in [0.2, 0.25) is 0 Å². The minimum atomic E-state index is -0.366. The van der Waals surface area contributed by atoms with Gasteiger partial charge in [-0.2, -0.15) is 0 Å². The van der Waals surface area contributed by atoms with Crippen molar-refractivity contribution < 1.29 is 9.31 Å². The highest BCUT2D eigenvalue weighted by Crippen LogP contribution is 2.77. The third-order valence-corrected chi connectivity index (χ3v) is 8.76. The van der Waals surface area contributed by atoms with E-state index < -0.39 is 0 Å². The molecule has 150 valence electrons. The molecule has 3 nitrogen and oxygen atoms in total. The molecule has 5 unspecified atom stereocenters. The number of aromatic nitrogens is 1. The summed E-state index contributed by atoms with van der Waals surface area (Å²) < 4.78 is 12.3. The maximum atomic E-state index is 6.17. The van der Waals surface area contributed by atoms with Crippen LogP contribution in [0.4, 0.5) is 0 Å². The van der Waals surface area contributed by atoms with Crippen LogP contribution in [0, 0.1) is 17.3 Å². The number of hydrogen-bond acceptors (Lipinski definition) is 3. The lowest BCUT2D eigenvalue weighted by Crippen LogP contribution is -2.41. The first kappa shape index (κ1) is 17.5. The molecule has 1 spiro atoms. The third-order valence-electron chi connectivity index (χ3n) is 8.76. The number of allylic oxidation sites excluding steroid dienone is 4. The number of nitrogens with zero attached hydrogens (tertiary/aromatic N) is 1. The van der Waals surface area contributed by atoms with Crippen LogP contribution in [0.25, 0.3) is 11.3 Å². The van der Waals surface area contributed by atoms with Gasteiger partial charge in [-0.1, -0.05) is 42.5 Å². The van der Waals surface area contributed by atoms with E-state index in [1.807, 2.05) is 6.20 Å². The molecule has 1 saturated heterocycles. The summed E-state index contributed by atoms with van der Waals surface area (Å²) in [5.74, 6) is 2.87. The van der Waals surface area contributed by atoms with Gasteiger partial charge >= 0.3 is 7.12 Å². The normalized spacial score (nSPS) is 37.4. The molecule has 5 aliphatic rings. The minimum Gasteiger partial charge on any atom is -0.399 e. The maximum Gasteiger partial charge on any atom is 0.496 e. The zero-order valence-corrected chi connectivity index (χ0v) is 17.9. The van der Waals surface area contributed by atoms with Gasteiger partial charge in [0, 0.05) is 28.6 Å². The zero-order chi connectivity index (χ0) is 20.5. The lowest BCUT2D eigenvalue weighted by atomic mass is 9.57. The maximum absolute atomic E-state index is 6.17. The topological polar surface area (TPSA) is 31.4 Å². The Hall–Kier alpha value is -2.17. The Morgan fingerprint density at radius 2 is 1.67 bits per heavy atom. The predicted octanol–water partition coefficient (Wildman–Crippen LogP) is 4.60. The molecule has 5 atom stereocenters. The second kappa shape index (κ2) is 5.17. The average molecular weight is 395 g/mol. The summed E-state index contributed by atoms with van der Waals surface area (Å²) >= 11 is 0. The van der Waals surface area contributed by atoms with Gasteiger partial charge < -0.3 is 9.31 Å². The summed E-state index contributed by atoms with van der Waals surface area (Å²) in [6, 6.07) is 11.2. The first-order valence-corrected chi connectivity index (χ1v) is 11.2. The molecule has 0 amide bonds. The number of hydrogen-bond donors (Lipinski definition) is 0. The van der Waals surface area contributed by atoms with E-state index in [0.717, 1.165) is 28.9 Å². The highest BCUT2D eigenvalue weighted by molar-refractivity contribution is 6.62. The highest BCUT2D eigenvalue weighted by atomic mass is 16.7. The quantitative estimate of drug-likeness (QED) is 0.550.